The molecule has 2 amide bonds. The summed E-state index contributed by atoms with van der Waals surface area (Å²) in [5, 5.41) is 3.45. The van der Waals surface area contributed by atoms with Gasteiger partial charge in [-0.1, -0.05) is 6.92 Å². The van der Waals surface area contributed by atoms with E-state index >= 15 is 0 Å². The van der Waals surface area contributed by atoms with Crippen LogP contribution in [0.3, 0.4) is 0 Å². The molecule has 18 heavy (non-hydrogen) atoms. The second-order valence-electron chi connectivity index (χ2n) is 4.12. The highest BCUT2D eigenvalue weighted by atomic mass is 16.7. The van der Waals surface area contributed by atoms with Crippen molar-refractivity contribution in [2.45, 2.75) is 19.8 Å². The molecule has 0 radical (unpaired) electrons. The molecule has 0 aromatic heterocycles. The van der Waals surface area contributed by atoms with Crippen LogP contribution in [0.1, 0.15) is 19.8 Å². The molecule has 0 aromatic carbocycles. The predicted molar refractivity (Wildman–Crippen MR) is 63.2 cm³/mol. The van der Waals surface area contributed by atoms with Crippen LogP contribution in [-0.4, -0.2) is 61.0 Å². The molecule has 0 aromatic rings. The van der Waals surface area contributed by atoms with Crippen LogP contribution < -0.4 is 5.32 Å². The summed E-state index contributed by atoms with van der Waals surface area (Å²) in [4.78, 5) is 40.5. The first-order chi connectivity index (χ1) is 8.54. The summed E-state index contributed by atoms with van der Waals surface area (Å²) in [6, 6.07) is 0. The minimum atomic E-state index is -0.627. The highest BCUT2D eigenvalue weighted by Crippen LogP contribution is 2.11. The molecule has 1 aliphatic rings. The Labute approximate surface area is 106 Å². The Morgan fingerprint density at radius 3 is 2.56 bits per heavy atom. The minimum absolute atomic E-state index is 0.0192. The fraction of sp³-hybridized carbons (Fsp3) is 0.727. The van der Waals surface area contributed by atoms with E-state index in [1.807, 2.05) is 14.0 Å². The van der Waals surface area contributed by atoms with Gasteiger partial charge in [0.1, 0.15) is 0 Å². The number of carbonyl (C=O) groups is 3. The van der Waals surface area contributed by atoms with E-state index in [1.165, 1.54) is 0 Å². The largest absolute Gasteiger partial charge is 0.346 e. The third kappa shape index (κ3) is 4.42. The first kappa shape index (κ1) is 14.6. The molecule has 0 saturated carbocycles. The van der Waals surface area contributed by atoms with Gasteiger partial charge in [0, 0.05) is 25.9 Å². The minimum Gasteiger partial charge on any atom is -0.329 e. The zero-order valence-electron chi connectivity index (χ0n) is 10.8. The molecule has 0 unspecified atom stereocenters. The average Bonchev–Trinajstić information content (AvgIpc) is 2.66. The maximum atomic E-state index is 11.4. The van der Waals surface area contributed by atoms with Gasteiger partial charge in [0.15, 0.2) is 0 Å². The molecule has 1 heterocycles. The first-order valence-electron chi connectivity index (χ1n) is 6.00. The SMILES string of the molecule is CCN(C)CCNCC(=O)ON1C(=O)CCC1=O. The fourth-order valence-corrected chi connectivity index (χ4v) is 1.41. The number of hydroxylamine groups is 2. The van der Waals surface area contributed by atoms with Crippen LogP contribution in [0.15, 0.2) is 0 Å². The van der Waals surface area contributed by atoms with Gasteiger partial charge in [-0.3, -0.25) is 9.59 Å². The zero-order chi connectivity index (χ0) is 13.5. The van der Waals surface area contributed by atoms with Crippen LogP contribution in [0.25, 0.3) is 0 Å². The number of nitrogens with zero attached hydrogens (tertiary/aromatic N) is 2. The molecule has 1 N–H and O–H groups in total. The summed E-state index contributed by atoms with van der Waals surface area (Å²) in [7, 11) is 1.97. The smallest absolute Gasteiger partial charge is 0.329 e. The molecule has 0 aliphatic carbocycles. The van der Waals surface area contributed by atoms with Gasteiger partial charge in [-0.2, -0.15) is 0 Å². The lowest BCUT2D eigenvalue weighted by Gasteiger charge is -2.15. The molecule has 7 heteroatoms. The summed E-state index contributed by atoms with van der Waals surface area (Å²) < 4.78 is 0. The van der Waals surface area contributed by atoms with Crippen molar-refractivity contribution in [2.75, 3.05) is 33.2 Å². The third-order valence-electron chi connectivity index (χ3n) is 2.68. The van der Waals surface area contributed by atoms with Crippen molar-refractivity contribution in [3.8, 4) is 0 Å². The monoisotopic (exact) mass is 257 g/mol. The van der Waals surface area contributed by atoms with E-state index in [-0.39, 0.29) is 19.4 Å². The number of hydrogen-bond donors (Lipinski definition) is 1. The zero-order valence-corrected chi connectivity index (χ0v) is 10.8. The van der Waals surface area contributed by atoms with Gasteiger partial charge in [0.25, 0.3) is 11.8 Å². The maximum absolute atomic E-state index is 11.4. The molecule has 1 saturated heterocycles. The molecule has 102 valence electrons. The fourth-order valence-electron chi connectivity index (χ4n) is 1.41. The summed E-state index contributed by atoms with van der Waals surface area (Å²) in [6.45, 7) is 4.41. The van der Waals surface area contributed by atoms with Crippen molar-refractivity contribution in [2.24, 2.45) is 0 Å². The van der Waals surface area contributed by atoms with Crippen molar-refractivity contribution in [3.63, 3.8) is 0 Å². The number of likely N-dealkylation sites (N-methyl/N-ethyl adjacent to an activating group) is 1. The molecule has 0 atom stereocenters. The average molecular weight is 257 g/mol. The Hall–Kier alpha value is -1.47. The Balaban J connectivity index is 2.18. The van der Waals surface area contributed by atoms with E-state index in [1.54, 1.807) is 0 Å². The van der Waals surface area contributed by atoms with Gasteiger partial charge < -0.3 is 15.1 Å². The van der Waals surface area contributed by atoms with Gasteiger partial charge in [-0.05, 0) is 13.6 Å². The van der Waals surface area contributed by atoms with E-state index in [2.05, 4.69) is 15.1 Å². The Bertz CT molecular complexity index is 316. The first-order valence-corrected chi connectivity index (χ1v) is 6.00. The Morgan fingerprint density at radius 2 is 2.00 bits per heavy atom. The van der Waals surface area contributed by atoms with Crippen molar-refractivity contribution < 1.29 is 19.2 Å². The maximum Gasteiger partial charge on any atom is 0.346 e. The molecular formula is C11H19N3O4. The molecule has 0 spiro atoms. The van der Waals surface area contributed by atoms with E-state index in [0.29, 0.717) is 11.6 Å². The van der Waals surface area contributed by atoms with E-state index in [9.17, 15) is 14.4 Å². The number of imide groups is 1. The number of nitrogens with one attached hydrogen (secondary N) is 1. The van der Waals surface area contributed by atoms with E-state index in [4.69, 9.17) is 0 Å². The van der Waals surface area contributed by atoms with Crippen LogP contribution >= 0.6 is 0 Å². The summed E-state index contributed by atoms with van der Waals surface area (Å²) >= 11 is 0. The molecule has 1 rings (SSSR count). The Kier molecular flexibility index (Phi) is 5.73. The second kappa shape index (κ2) is 7.07. The van der Waals surface area contributed by atoms with Gasteiger partial charge in [-0.25, -0.2) is 4.79 Å². The van der Waals surface area contributed by atoms with Crippen LogP contribution in [0.5, 0.6) is 0 Å². The van der Waals surface area contributed by atoms with Gasteiger partial charge >= 0.3 is 5.97 Å². The summed E-state index contributed by atoms with van der Waals surface area (Å²) in [6.07, 6.45) is 0.224. The molecule has 0 bridgehead atoms. The number of rotatable bonds is 7. The number of amides is 2. The number of hydrogen-bond acceptors (Lipinski definition) is 6. The highest BCUT2D eigenvalue weighted by Gasteiger charge is 2.32. The second-order valence-corrected chi connectivity index (χ2v) is 4.12. The van der Waals surface area contributed by atoms with Crippen LogP contribution in [0, 0.1) is 0 Å². The van der Waals surface area contributed by atoms with Crippen molar-refractivity contribution >= 4 is 17.8 Å². The van der Waals surface area contributed by atoms with E-state index < -0.39 is 17.8 Å². The van der Waals surface area contributed by atoms with Crippen LogP contribution in [0.2, 0.25) is 0 Å². The lowest BCUT2D eigenvalue weighted by atomic mass is 10.4. The summed E-state index contributed by atoms with van der Waals surface area (Å²) in [5.41, 5.74) is 0. The summed E-state index contributed by atoms with van der Waals surface area (Å²) in [5.74, 6) is -1.55. The normalized spacial score (nSPS) is 15.6. The standard InChI is InChI=1S/C11H19N3O4/c1-3-13(2)7-6-12-8-11(17)18-14-9(15)4-5-10(14)16/h12H,3-8H2,1-2H3. The lowest BCUT2D eigenvalue weighted by molar-refractivity contribution is -0.196. The van der Waals surface area contributed by atoms with Gasteiger partial charge in [-0.15, -0.1) is 5.06 Å². The predicted octanol–water partition coefficient (Wildman–Crippen LogP) is -0.865. The third-order valence-corrected chi connectivity index (χ3v) is 2.68. The van der Waals surface area contributed by atoms with Crippen molar-refractivity contribution in [3.05, 3.63) is 0 Å². The van der Waals surface area contributed by atoms with E-state index in [0.717, 1.165) is 13.1 Å². The van der Waals surface area contributed by atoms with Crippen LogP contribution in [0.4, 0.5) is 0 Å². The quantitative estimate of drug-likeness (QED) is 0.472. The molecule has 7 nitrogen and oxygen atoms in total. The van der Waals surface area contributed by atoms with Gasteiger partial charge in [0.2, 0.25) is 0 Å². The topological polar surface area (TPSA) is 79.0 Å². The van der Waals surface area contributed by atoms with Crippen molar-refractivity contribution in [1.82, 2.24) is 15.3 Å². The van der Waals surface area contributed by atoms with Gasteiger partial charge in [0.05, 0.1) is 6.54 Å². The molecule has 1 fully saturated rings. The molecular weight excluding hydrogens is 238 g/mol. The Morgan fingerprint density at radius 1 is 1.39 bits per heavy atom. The van der Waals surface area contributed by atoms with Crippen molar-refractivity contribution in [1.29, 1.82) is 0 Å². The van der Waals surface area contributed by atoms with Crippen LogP contribution in [-0.2, 0) is 19.2 Å². The molecule has 1 aliphatic heterocycles. The number of carbonyl (C=O) groups excluding carboxylic acids is 3. The highest BCUT2D eigenvalue weighted by molar-refractivity contribution is 6.01. The lowest BCUT2D eigenvalue weighted by Crippen LogP contribution is -2.37.